The van der Waals surface area contributed by atoms with E-state index < -0.39 is 6.61 Å². The van der Waals surface area contributed by atoms with Gasteiger partial charge in [0, 0.05) is 17.7 Å². The van der Waals surface area contributed by atoms with Gasteiger partial charge in [-0.25, -0.2) is 0 Å². The van der Waals surface area contributed by atoms with Crippen molar-refractivity contribution in [1.29, 1.82) is 0 Å². The number of nitrogens with zero attached hydrogens (tertiary/aromatic N) is 1. The molecule has 0 spiro atoms. The van der Waals surface area contributed by atoms with E-state index in [0.29, 0.717) is 5.57 Å². The van der Waals surface area contributed by atoms with E-state index in [1.54, 1.807) is 12.1 Å². The van der Waals surface area contributed by atoms with Gasteiger partial charge in [-0.1, -0.05) is 42.5 Å². The van der Waals surface area contributed by atoms with E-state index in [1.165, 1.54) is 12.1 Å². The van der Waals surface area contributed by atoms with Crippen molar-refractivity contribution in [1.82, 2.24) is 4.90 Å². The SMILES string of the molecule is C[C@@H]1CCC[C@@H](C)N1C(=O)/C(=C/c1ccc(OC(F)F)cc1)c1ccccc1. The maximum atomic E-state index is 13.5. The van der Waals surface area contributed by atoms with Crippen molar-refractivity contribution >= 4 is 17.6 Å². The summed E-state index contributed by atoms with van der Waals surface area (Å²) in [6, 6.07) is 16.2. The zero-order chi connectivity index (χ0) is 20.1. The van der Waals surface area contributed by atoms with Crippen LogP contribution in [0.15, 0.2) is 54.6 Å². The molecule has 5 heteroatoms. The minimum absolute atomic E-state index is 0.00110. The Kier molecular flexibility index (Phi) is 6.45. The second kappa shape index (κ2) is 9.00. The van der Waals surface area contributed by atoms with E-state index in [4.69, 9.17) is 0 Å². The molecule has 3 rings (SSSR count). The molecular weight excluding hydrogens is 360 g/mol. The van der Waals surface area contributed by atoms with Crippen LogP contribution in [0.25, 0.3) is 11.6 Å². The monoisotopic (exact) mass is 385 g/mol. The topological polar surface area (TPSA) is 29.5 Å². The number of halogens is 2. The number of amides is 1. The Hall–Kier alpha value is -2.69. The molecule has 1 fully saturated rings. The van der Waals surface area contributed by atoms with Gasteiger partial charge in [0.2, 0.25) is 0 Å². The van der Waals surface area contributed by atoms with E-state index >= 15 is 0 Å². The molecule has 0 saturated carbocycles. The largest absolute Gasteiger partial charge is 0.435 e. The molecule has 0 aliphatic carbocycles. The third-order valence-corrected chi connectivity index (χ3v) is 5.16. The van der Waals surface area contributed by atoms with Gasteiger partial charge in [0.05, 0.1) is 0 Å². The fourth-order valence-electron chi connectivity index (χ4n) is 3.76. The van der Waals surface area contributed by atoms with Crippen molar-refractivity contribution in [2.45, 2.75) is 51.8 Å². The van der Waals surface area contributed by atoms with E-state index in [1.807, 2.05) is 41.3 Å². The summed E-state index contributed by atoms with van der Waals surface area (Å²) in [5, 5.41) is 0. The van der Waals surface area contributed by atoms with Crippen molar-refractivity contribution < 1.29 is 18.3 Å². The van der Waals surface area contributed by atoms with E-state index in [2.05, 4.69) is 18.6 Å². The van der Waals surface area contributed by atoms with Crippen LogP contribution in [0.3, 0.4) is 0 Å². The van der Waals surface area contributed by atoms with Crippen LogP contribution in [-0.4, -0.2) is 29.5 Å². The van der Waals surface area contributed by atoms with Crippen LogP contribution in [0.2, 0.25) is 0 Å². The molecule has 3 nitrogen and oxygen atoms in total. The van der Waals surface area contributed by atoms with Crippen LogP contribution >= 0.6 is 0 Å². The molecule has 2 atom stereocenters. The van der Waals surface area contributed by atoms with E-state index in [9.17, 15) is 13.6 Å². The summed E-state index contributed by atoms with van der Waals surface area (Å²) >= 11 is 0. The molecule has 0 unspecified atom stereocenters. The Labute approximate surface area is 164 Å². The molecule has 1 aliphatic heterocycles. The molecule has 2 aromatic rings. The Morgan fingerprint density at radius 1 is 1.04 bits per heavy atom. The number of hydrogen-bond acceptors (Lipinski definition) is 2. The van der Waals surface area contributed by atoms with Crippen LogP contribution in [0.1, 0.15) is 44.2 Å². The fraction of sp³-hybridized carbons (Fsp3) is 0.348. The van der Waals surface area contributed by atoms with Gasteiger partial charge >= 0.3 is 6.61 Å². The van der Waals surface area contributed by atoms with Gasteiger partial charge in [0.25, 0.3) is 5.91 Å². The van der Waals surface area contributed by atoms with Crippen molar-refractivity contribution in [3.63, 3.8) is 0 Å². The van der Waals surface area contributed by atoms with Gasteiger partial charge in [0.15, 0.2) is 0 Å². The van der Waals surface area contributed by atoms with Crippen molar-refractivity contribution in [2.75, 3.05) is 0 Å². The minimum atomic E-state index is -2.86. The molecule has 0 N–H and O–H groups in total. The fourth-order valence-corrected chi connectivity index (χ4v) is 3.76. The molecular formula is C23H25F2NO2. The van der Waals surface area contributed by atoms with Gasteiger partial charge in [-0.3, -0.25) is 4.79 Å². The number of piperidine rings is 1. The van der Waals surface area contributed by atoms with E-state index in [-0.39, 0.29) is 23.7 Å². The first-order chi connectivity index (χ1) is 13.5. The van der Waals surface area contributed by atoms with Gasteiger partial charge < -0.3 is 9.64 Å². The third-order valence-electron chi connectivity index (χ3n) is 5.16. The predicted octanol–water partition coefficient (Wildman–Crippen LogP) is 5.62. The second-order valence-corrected chi connectivity index (χ2v) is 7.21. The highest BCUT2D eigenvalue weighted by Gasteiger charge is 2.31. The number of hydrogen-bond donors (Lipinski definition) is 0. The van der Waals surface area contributed by atoms with Crippen molar-refractivity contribution in [2.24, 2.45) is 0 Å². The number of rotatable bonds is 5. The number of likely N-dealkylation sites (tertiary alicyclic amines) is 1. The molecule has 148 valence electrons. The van der Waals surface area contributed by atoms with Gasteiger partial charge in [-0.2, -0.15) is 8.78 Å². The maximum Gasteiger partial charge on any atom is 0.387 e. The highest BCUT2D eigenvalue weighted by atomic mass is 19.3. The minimum Gasteiger partial charge on any atom is -0.435 e. The van der Waals surface area contributed by atoms with Crippen LogP contribution < -0.4 is 4.74 Å². The van der Waals surface area contributed by atoms with Crippen molar-refractivity contribution in [3.05, 3.63) is 65.7 Å². The quantitative estimate of drug-likeness (QED) is 0.494. The molecule has 0 bridgehead atoms. The predicted molar refractivity (Wildman–Crippen MR) is 107 cm³/mol. The highest BCUT2D eigenvalue weighted by Crippen LogP contribution is 2.29. The highest BCUT2D eigenvalue weighted by molar-refractivity contribution is 6.24. The molecule has 1 saturated heterocycles. The van der Waals surface area contributed by atoms with Crippen LogP contribution in [0.5, 0.6) is 5.75 Å². The first-order valence-electron chi connectivity index (χ1n) is 9.60. The summed E-state index contributed by atoms with van der Waals surface area (Å²) in [5.74, 6) is 0.0943. The molecule has 1 amide bonds. The molecule has 0 radical (unpaired) electrons. The van der Waals surface area contributed by atoms with Crippen LogP contribution in [0.4, 0.5) is 8.78 Å². The lowest BCUT2D eigenvalue weighted by molar-refractivity contribution is -0.130. The summed E-state index contributed by atoms with van der Waals surface area (Å²) in [6.07, 6.45) is 4.94. The van der Waals surface area contributed by atoms with Crippen molar-refractivity contribution in [3.8, 4) is 5.75 Å². The standard InChI is InChI=1S/C23H25F2NO2/c1-16-7-6-8-17(2)26(16)22(27)21(19-9-4-3-5-10-19)15-18-11-13-20(14-12-18)28-23(24)25/h3-5,9-17,23H,6-8H2,1-2H3/b21-15+/t16-,17-/m1/s1. The molecule has 1 aliphatic rings. The molecule has 2 aromatic carbocycles. The maximum absolute atomic E-state index is 13.5. The number of carbonyl (C=O) groups excluding carboxylic acids is 1. The van der Waals surface area contributed by atoms with Crippen LogP contribution in [-0.2, 0) is 4.79 Å². The summed E-state index contributed by atoms with van der Waals surface area (Å²) < 4.78 is 29.1. The van der Waals surface area contributed by atoms with Gasteiger partial charge in [0.1, 0.15) is 5.75 Å². The number of alkyl halides is 2. The summed E-state index contributed by atoms with van der Waals surface area (Å²) in [5.41, 5.74) is 2.19. The summed E-state index contributed by atoms with van der Waals surface area (Å²) in [6.45, 7) is 1.32. The second-order valence-electron chi connectivity index (χ2n) is 7.21. The smallest absolute Gasteiger partial charge is 0.387 e. The lowest BCUT2D eigenvalue weighted by Gasteiger charge is -2.39. The molecule has 28 heavy (non-hydrogen) atoms. The Morgan fingerprint density at radius 2 is 1.64 bits per heavy atom. The van der Waals surface area contributed by atoms with Crippen LogP contribution in [0, 0.1) is 0 Å². The third kappa shape index (κ3) is 4.77. The lowest BCUT2D eigenvalue weighted by Crippen LogP contribution is -2.47. The Balaban J connectivity index is 1.95. The average molecular weight is 385 g/mol. The Bertz CT molecular complexity index is 808. The number of ether oxygens (including phenoxy) is 1. The zero-order valence-corrected chi connectivity index (χ0v) is 16.1. The zero-order valence-electron chi connectivity index (χ0n) is 16.1. The average Bonchev–Trinajstić information content (AvgIpc) is 2.67. The molecule has 1 heterocycles. The number of carbonyl (C=O) groups is 1. The van der Waals surface area contributed by atoms with Gasteiger partial charge in [-0.05, 0) is 62.4 Å². The lowest BCUT2D eigenvalue weighted by atomic mass is 9.94. The Morgan fingerprint density at radius 3 is 2.21 bits per heavy atom. The first-order valence-corrected chi connectivity index (χ1v) is 9.60. The van der Waals surface area contributed by atoms with Gasteiger partial charge in [-0.15, -0.1) is 0 Å². The van der Waals surface area contributed by atoms with E-state index in [0.717, 1.165) is 30.4 Å². The summed E-state index contributed by atoms with van der Waals surface area (Å²) in [4.78, 5) is 15.4. The number of benzene rings is 2. The first kappa shape index (κ1) is 20.1. The molecule has 0 aromatic heterocycles. The summed E-state index contributed by atoms with van der Waals surface area (Å²) in [7, 11) is 0. The normalized spacial score (nSPS) is 20.3.